The van der Waals surface area contributed by atoms with Crippen LogP contribution in [0.15, 0.2) is 4.99 Å². The second kappa shape index (κ2) is 9.07. The van der Waals surface area contributed by atoms with Crippen molar-refractivity contribution < 1.29 is 13.5 Å². The summed E-state index contributed by atoms with van der Waals surface area (Å²) in [6, 6.07) is 0.771. The van der Waals surface area contributed by atoms with E-state index in [0.29, 0.717) is 29.5 Å². The van der Waals surface area contributed by atoms with Crippen LogP contribution in [0.5, 0.6) is 0 Å². The lowest BCUT2D eigenvalue weighted by molar-refractivity contribution is -0.125. The summed E-state index contributed by atoms with van der Waals surface area (Å²) < 4.78 is 31.1. The summed E-state index contributed by atoms with van der Waals surface area (Å²) in [7, 11) is 1.82. The summed E-state index contributed by atoms with van der Waals surface area (Å²) in [5, 5.41) is 7.27. The van der Waals surface area contributed by atoms with Crippen LogP contribution in [-0.4, -0.2) is 68.8 Å². The van der Waals surface area contributed by atoms with E-state index < -0.39 is 6.43 Å². The van der Waals surface area contributed by atoms with Crippen LogP contribution >= 0.6 is 24.0 Å². The van der Waals surface area contributed by atoms with Crippen LogP contribution in [0.1, 0.15) is 44.9 Å². The molecule has 0 aromatic heterocycles. The molecule has 0 aromatic rings. The molecule has 2 saturated carbocycles. The van der Waals surface area contributed by atoms with E-state index in [4.69, 9.17) is 4.74 Å². The molecule has 8 heteroatoms. The molecular weight excluding hydrogens is 465 g/mol. The molecule has 2 aliphatic heterocycles. The summed E-state index contributed by atoms with van der Waals surface area (Å²) in [5.41, 5.74) is 0.305. The number of aliphatic imine (C=N–C) groups is 1. The van der Waals surface area contributed by atoms with Crippen molar-refractivity contribution in [3.05, 3.63) is 0 Å². The molecule has 2 aliphatic carbocycles. The predicted molar refractivity (Wildman–Crippen MR) is 113 cm³/mol. The summed E-state index contributed by atoms with van der Waals surface area (Å²) >= 11 is 0. The molecule has 3 unspecified atom stereocenters. The number of rotatable bonds is 4. The SMILES string of the molecule is CN=C(NC1CCN(CC(F)F)CC1)NC1C2CCOC2C12CCCC2.I. The fraction of sp³-hybridized carbons (Fsp3) is 0.947. The van der Waals surface area contributed by atoms with E-state index in [2.05, 4.69) is 15.6 Å². The summed E-state index contributed by atoms with van der Waals surface area (Å²) in [6.07, 6.45) is 6.25. The maximum atomic E-state index is 12.5. The van der Waals surface area contributed by atoms with Gasteiger partial charge < -0.3 is 15.4 Å². The number of nitrogens with one attached hydrogen (secondary N) is 2. The normalized spacial score (nSPS) is 33.6. The topological polar surface area (TPSA) is 48.9 Å². The highest BCUT2D eigenvalue weighted by atomic mass is 127. The average molecular weight is 498 g/mol. The van der Waals surface area contributed by atoms with Crippen molar-refractivity contribution in [3.8, 4) is 0 Å². The Morgan fingerprint density at radius 1 is 1.19 bits per heavy atom. The van der Waals surface area contributed by atoms with E-state index in [1.165, 1.54) is 25.7 Å². The van der Waals surface area contributed by atoms with Crippen LogP contribution in [-0.2, 0) is 4.74 Å². The van der Waals surface area contributed by atoms with E-state index in [1.54, 1.807) is 0 Å². The minimum Gasteiger partial charge on any atom is -0.377 e. The van der Waals surface area contributed by atoms with Crippen molar-refractivity contribution in [2.75, 3.05) is 33.3 Å². The highest BCUT2D eigenvalue weighted by Crippen LogP contribution is 2.60. The maximum Gasteiger partial charge on any atom is 0.251 e. The van der Waals surface area contributed by atoms with Crippen LogP contribution in [0.4, 0.5) is 8.78 Å². The van der Waals surface area contributed by atoms with Gasteiger partial charge in [-0.2, -0.15) is 0 Å². The number of alkyl halides is 2. The van der Waals surface area contributed by atoms with Gasteiger partial charge in [-0.05, 0) is 32.1 Å². The van der Waals surface area contributed by atoms with Crippen molar-refractivity contribution in [3.63, 3.8) is 0 Å². The highest BCUT2D eigenvalue weighted by Gasteiger charge is 2.65. The number of nitrogens with zero attached hydrogens (tertiary/aromatic N) is 2. The number of hydrogen-bond acceptors (Lipinski definition) is 3. The van der Waals surface area contributed by atoms with Crippen molar-refractivity contribution in [1.82, 2.24) is 15.5 Å². The molecule has 156 valence electrons. The summed E-state index contributed by atoms with van der Waals surface area (Å²) in [4.78, 5) is 6.32. The van der Waals surface area contributed by atoms with Gasteiger partial charge in [0.2, 0.25) is 0 Å². The zero-order valence-corrected chi connectivity index (χ0v) is 18.5. The predicted octanol–water partition coefficient (Wildman–Crippen LogP) is 2.85. The molecule has 4 fully saturated rings. The van der Waals surface area contributed by atoms with E-state index in [9.17, 15) is 8.78 Å². The van der Waals surface area contributed by atoms with Gasteiger partial charge in [0, 0.05) is 50.2 Å². The number of halogens is 3. The summed E-state index contributed by atoms with van der Waals surface area (Å²) in [5.74, 6) is 1.48. The van der Waals surface area contributed by atoms with Gasteiger partial charge in [-0.25, -0.2) is 8.78 Å². The lowest BCUT2D eigenvalue weighted by Gasteiger charge is -2.57. The molecular formula is C19H33F2IN4O. The Kier molecular flexibility index (Phi) is 7.22. The molecule has 4 rings (SSSR count). The number of piperidine rings is 1. The number of fused-ring (bicyclic) bond motifs is 2. The Balaban J connectivity index is 0.00000210. The first kappa shape index (κ1) is 21.5. The van der Waals surface area contributed by atoms with Crippen LogP contribution in [0.3, 0.4) is 0 Å². The lowest BCUT2D eigenvalue weighted by Crippen LogP contribution is -2.69. The molecule has 0 bridgehead atoms. The number of ether oxygens (including phenoxy) is 1. The molecule has 0 amide bonds. The summed E-state index contributed by atoms with van der Waals surface area (Å²) in [6.45, 7) is 2.24. The van der Waals surface area contributed by atoms with Gasteiger partial charge in [0.15, 0.2) is 5.96 Å². The Bertz CT molecular complexity index is 522. The second-order valence-corrected chi connectivity index (χ2v) is 8.49. The van der Waals surface area contributed by atoms with Crippen molar-refractivity contribution in [2.24, 2.45) is 16.3 Å². The third kappa shape index (κ3) is 4.22. The number of hydrogen-bond donors (Lipinski definition) is 2. The molecule has 4 aliphatic rings. The van der Waals surface area contributed by atoms with E-state index >= 15 is 0 Å². The fourth-order valence-corrected chi connectivity index (χ4v) is 5.87. The maximum absolute atomic E-state index is 12.5. The Hall–Kier alpha value is -0.220. The van der Waals surface area contributed by atoms with Gasteiger partial charge >= 0.3 is 0 Å². The first-order valence-electron chi connectivity index (χ1n) is 10.2. The Labute approximate surface area is 178 Å². The Morgan fingerprint density at radius 2 is 1.89 bits per heavy atom. The first-order valence-corrected chi connectivity index (χ1v) is 10.2. The minimum atomic E-state index is -2.24. The monoisotopic (exact) mass is 498 g/mol. The third-order valence-corrected chi connectivity index (χ3v) is 7.13. The molecule has 1 spiro atoms. The smallest absolute Gasteiger partial charge is 0.251 e. The van der Waals surface area contributed by atoms with E-state index in [1.807, 2.05) is 11.9 Å². The average Bonchev–Trinajstić information content (AvgIpc) is 3.28. The van der Waals surface area contributed by atoms with Crippen molar-refractivity contribution in [1.29, 1.82) is 0 Å². The fourth-order valence-electron chi connectivity index (χ4n) is 5.87. The molecule has 5 nitrogen and oxygen atoms in total. The van der Waals surface area contributed by atoms with Crippen LogP contribution in [0.2, 0.25) is 0 Å². The molecule has 2 N–H and O–H groups in total. The molecule has 2 saturated heterocycles. The Morgan fingerprint density at radius 3 is 2.52 bits per heavy atom. The standard InChI is InChI=1S/C19H32F2N4O.HI/c1-22-18(23-13-4-9-25(10-5-13)12-15(20)21)24-16-14-6-11-26-17(14)19(16)7-2-3-8-19;/h13-17H,2-12H2,1H3,(H2,22,23,24);1H. The third-order valence-electron chi connectivity index (χ3n) is 7.13. The van der Waals surface area contributed by atoms with Gasteiger partial charge in [0.05, 0.1) is 12.6 Å². The first-order chi connectivity index (χ1) is 12.6. The quantitative estimate of drug-likeness (QED) is 0.356. The lowest BCUT2D eigenvalue weighted by atomic mass is 9.54. The van der Waals surface area contributed by atoms with E-state index in [-0.39, 0.29) is 30.5 Å². The zero-order valence-electron chi connectivity index (χ0n) is 16.1. The molecule has 27 heavy (non-hydrogen) atoms. The van der Waals surface area contributed by atoms with Gasteiger partial charge in [0.25, 0.3) is 6.43 Å². The molecule has 0 radical (unpaired) electrons. The van der Waals surface area contributed by atoms with Gasteiger partial charge in [-0.1, -0.05) is 12.8 Å². The van der Waals surface area contributed by atoms with E-state index in [0.717, 1.165) is 44.9 Å². The van der Waals surface area contributed by atoms with Crippen LogP contribution < -0.4 is 10.6 Å². The van der Waals surface area contributed by atoms with Gasteiger partial charge in [-0.3, -0.25) is 9.89 Å². The van der Waals surface area contributed by atoms with Gasteiger partial charge in [0.1, 0.15) is 0 Å². The van der Waals surface area contributed by atoms with Crippen molar-refractivity contribution >= 4 is 29.9 Å². The highest BCUT2D eigenvalue weighted by molar-refractivity contribution is 14.0. The van der Waals surface area contributed by atoms with Crippen LogP contribution in [0, 0.1) is 11.3 Å². The zero-order chi connectivity index (χ0) is 18.1. The van der Waals surface area contributed by atoms with Crippen LogP contribution in [0.25, 0.3) is 0 Å². The molecule has 2 heterocycles. The molecule has 0 aromatic carbocycles. The number of guanidine groups is 1. The molecule has 3 atom stereocenters. The second-order valence-electron chi connectivity index (χ2n) is 8.49. The number of likely N-dealkylation sites (tertiary alicyclic amines) is 1. The largest absolute Gasteiger partial charge is 0.377 e. The minimum absolute atomic E-state index is 0. The van der Waals surface area contributed by atoms with Gasteiger partial charge in [-0.15, -0.1) is 24.0 Å². The van der Waals surface area contributed by atoms with Crippen molar-refractivity contribution in [2.45, 2.75) is 69.6 Å².